The van der Waals surface area contributed by atoms with Crippen molar-refractivity contribution in [3.05, 3.63) is 105 Å². The van der Waals surface area contributed by atoms with Crippen molar-refractivity contribution in [1.29, 1.82) is 0 Å². The Morgan fingerprint density at radius 1 is 0.938 bits per heavy atom. The lowest BCUT2D eigenvalue weighted by Gasteiger charge is -2.11. The Hall–Kier alpha value is -3.97. The highest BCUT2D eigenvalue weighted by Crippen LogP contribution is 2.29. The second kappa shape index (κ2) is 8.64. The van der Waals surface area contributed by atoms with Crippen LogP contribution in [0.2, 0.25) is 0 Å². The third kappa shape index (κ3) is 3.86. The van der Waals surface area contributed by atoms with Gasteiger partial charge in [0.05, 0.1) is 11.6 Å². The van der Waals surface area contributed by atoms with Gasteiger partial charge in [-0.3, -0.25) is 4.79 Å². The fraction of sp³-hybridized carbons (Fsp3) is 0.0800. The summed E-state index contributed by atoms with van der Waals surface area (Å²) in [5.74, 6) is 1.80. The highest BCUT2D eigenvalue weighted by molar-refractivity contribution is 7.15. The van der Waals surface area contributed by atoms with Crippen molar-refractivity contribution in [3.8, 4) is 22.9 Å². The standard InChI is InChI=1S/C25H19N3O3S/c1-30-21-14-18(12-13-20(21)31-16-17-8-4-2-5-9-17)15-22-24(29)28-23(26-27-25(28)32-22)19-10-6-3-7-11-19/h2-15H,16H2,1H3/b22-15-. The van der Waals surface area contributed by atoms with Gasteiger partial charge in [-0.1, -0.05) is 78.1 Å². The maximum atomic E-state index is 13.1. The van der Waals surface area contributed by atoms with Gasteiger partial charge >= 0.3 is 0 Å². The van der Waals surface area contributed by atoms with Gasteiger partial charge < -0.3 is 9.47 Å². The van der Waals surface area contributed by atoms with E-state index in [9.17, 15) is 4.79 Å². The van der Waals surface area contributed by atoms with Crippen molar-refractivity contribution in [2.45, 2.75) is 6.61 Å². The van der Waals surface area contributed by atoms with Gasteiger partial charge in [-0.15, -0.1) is 10.2 Å². The number of thiazole rings is 1. The van der Waals surface area contributed by atoms with Crippen molar-refractivity contribution in [2.24, 2.45) is 0 Å². The number of nitrogens with zero attached hydrogens (tertiary/aromatic N) is 3. The van der Waals surface area contributed by atoms with Crippen LogP contribution in [0.3, 0.4) is 0 Å². The first-order chi connectivity index (χ1) is 15.7. The molecule has 0 radical (unpaired) electrons. The quantitative estimate of drug-likeness (QED) is 0.399. The average Bonchev–Trinajstić information content (AvgIpc) is 3.39. The highest BCUT2D eigenvalue weighted by Gasteiger charge is 2.14. The molecule has 5 rings (SSSR count). The Kier molecular flexibility index (Phi) is 5.39. The van der Waals surface area contributed by atoms with Crippen LogP contribution in [0, 0.1) is 0 Å². The second-order valence-corrected chi connectivity index (χ2v) is 8.12. The van der Waals surface area contributed by atoms with Gasteiger partial charge in [0.25, 0.3) is 5.56 Å². The summed E-state index contributed by atoms with van der Waals surface area (Å²) in [6.45, 7) is 0.447. The molecule has 0 aliphatic heterocycles. The molecule has 0 bridgehead atoms. The van der Waals surface area contributed by atoms with E-state index in [0.717, 1.165) is 16.7 Å². The first kappa shape index (κ1) is 20.0. The van der Waals surface area contributed by atoms with E-state index in [1.165, 1.54) is 11.3 Å². The zero-order valence-electron chi connectivity index (χ0n) is 17.3. The van der Waals surface area contributed by atoms with Crippen LogP contribution in [0.4, 0.5) is 0 Å². The van der Waals surface area contributed by atoms with Crippen LogP contribution >= 0.6 is 11.3 Å². The molecule has 0 N–H and O–H groups in total. The fourth-order valence-corrected chi connectivity index (χ4v) is 4.33. The van der Waals surface area contributed by atoms with Gasteiger partial charge in [0.1, 0.15) is 6.61 Å². The summed E-state index contributed by atoms with van der Waals surface area (Å²) in [5.41, 5.74) is 2.62. The molecular weight excluding hydrogens is 422 g/mol. The maximum Gasteiger partial charge on any atom is 0.276 e. The number of benzene rings is 3. The summed E-state index contributed by atoms with van der Waals surface area (Å²) in [4.78, 5) is 13.6. The molecule has 0 saturated carbocycles. The van der Waals surface area contributed by atoms with E-state index in [-0.39, 0.29) is 5.56 Å². The van der Waals surface area contributed by atoms with E-state index < -0.39 is 0 Å². The minimum Gasteiger partial charge on any atom is -0.493 e. The lowest BCUT2D eigenvalue weighted by atomic mass is 10.2. The van der Waals surface area contributed by atoms with E-state index in [1.807, 2.05) is 84.9 Å². The van der Waals surface area contributed by atoms with E-state index in [0.29, 0.717) is 33.4 Å². The molecule has 3 aromatic carbocycles. The van der Waals surface area contributed by atoms with Crippen LogP contribution in [-0.4, -0.2) is 21.7 Å². The van der Waals surface area contributed by atoms with E-state index in [4.69, 9.17) is 9.47 Å². The molecule has 2 aromatic heterocycles. The van der Waals surface area contributed by atoms with Crippen molar-refractivity contribution in [3.63, 3.8) is 0 Å². The number of rotatable bonds is 6. The molecule has 0 fully saturated rings. The van der Waals surface area contributed by atoms with Crippen LogP contribution < -0.4 is 19.6 Å². The van der Waals surface area contributed by atoms with E-state index in [1.54, 1.807) is 11.5 Å². The molecule has 7 heteroatoms. The molecule has 158 valence electrons. The topological polar surface area (TPSA) is 65.7 Å². The predicted octanol–water partition coefficient (Wildman–Crippen LogP) is 3.95. The number of methoxy groups -OCH3 is 1. The Bertz CT molecular complexity index is 1480. The number of hydrogen-bond donors (Lipinski definition) is 0. The molecule has 0 amide bonds. The monoisotopic (exact) mass is 441 g/mol. The molecule has 6 nitrogen and oxygen atoms in total. The van der Waals surface area contributed by atoms with Crippen molar-refractivity contribution in [1.82, 2.24) is 14.6 Å². The molecule has 0 spiro atoms. The SMILES string of the molecule is COc1cc(/C=c2\sc3nnc(-c4ccccc4)n3c2=O)ccc1OCc1ccccc1. The zero-order valence-corrected chi connectivity index (χ0v) is 18.1. The van der Waals surface area contributed by atoms with Gasteiger partial charge in [-0.25, -0.2) is 4.40 Å². The molecule has 0 unspecified atom stereocenters. The van der Waals surface area contributed by atoms with Gasteiger partial charge in [-0.05, 0) is 29.3 Å². The Labute approximate surface area is 188 Å². The van der Waals surface area contributed by atoms with Crippen LogP contribution in [0.15, 0.2) is 83.7 Å². The highest BCUT2D eigenvalue weighted by atomic mass is 32.1. The van der Waals surface area contributed by atoms with Crippen LogP contribution in [0.25, 0.3) is 22.4 Å². The smallest absolute Gasteiger partial charge is 0.276 e. The average molecular weight is 442 g/mol. The summed E-state index contributed by atoms with van der Waals surface area (Å²) in [6.07, 6.45) is 1.83. The van der Waals surface area contributed by atoms with Crippen molar-refractivity contribution >= 4 is 22.4 Å². The summed E-state index contributed by atoms with van der Waals surface area (Å²) in [7, 11) is 1.60. The molecule has 0 aliphatic carbocycles. The van der Waals surface area contributed by atoms with E-state index >= 15 is 0 Å². The number of fused-ring (bicyclic) bond motifs is 1. The van der Waals surface area contributed by atoms with Gasteiger partial charge in [0.2, 0.25) is 4.96 Å². The van der Waals surface area contributed by atoms with Gasteiger partial charge in [0.15, 0.2) is 17.3 Å². The Morgan fingerprint density at radius 2 is 1.69 bits per heavy atom. The van der Waals surface area contributed by atoms with E-state index in [2.05, 4.69) is 10.2 Å². The number of hydrogen-bond acceptors (Lipinski definition) is 6. The van der Waals surface area contributed by atoms with Crippen molar-refractivity contribution < 1.29 is 9.47 Å². The van der Waals surface area contributed by atoms with Crippen LogP contribution in [0.1, 0.15) is 11.1 Å². The first-order valence-corrected chi connectivity index (χ1v) is 10.8. The molecule has 0 saturated heterocycles. The summed E-state index contributed by atoms with van der Waals surface area (Å²) >= 11 is 1.31. The molecule has 5 aromatic rings. The van der Waals surface area contributed by atoms with Gasteiger partial charge in [0, 0.05) is 5.56 Å². The first-order valence-electron chi connectivity index (χ1n) is 10.0. The Balaban J connectivity index is 1.48. The minimum atomic E-state index is -0.141. The molecular formula is C25H19N3O3S. The normalized spacial score (nSPS) is 11.7. The Morgan fingerprint density at radius 3 is 2.44 bits per heavy atom. The summed E-state index contributed by atoms with van der Waals surface area (Å²) < 4.78 is 13.6. The molecule has 2 heterocycles. The summed E-state index contributed by atoms with van der Waals surface area (Å²) in [6, 6.07) is 25.1. The zero-order chi connectivity index (χ0) is 21.9. The number of aromatic nitrogens is 3. The lowest BCUT2D eigenvalue weighted by Crippen LogP contribution is -2.23. The van der Waals surface area contributed by atoms with Crippen LogP contribution in [-0.2, 0) is 6.61 Å². The van der Waals surface area contributed by atoms with Crippen molar-refractivity contribution in [2.75, 3.05) is 7.11 Å². The predicted molar refractivity (Wildman–Crippen MR) is 125 cm³/mol. The largest absolute Gasteiger partial charge is 0.493 e. The lowest BCUT2D eigenvalue weighted by molar-refractivity contribution is 0.284. The third-order valence-electron chi connectivity index (χ3n) is 5.00. The minimum absolute atomic E-state index is 0.141. The maximum absolute atomic E-state index is 13.1. The van der Waals surface area contributed by atoms with Crippen LogP contribution in [0.5, 0.6) is 11.5 Å². The molecule has 0 atom stereocenters. The number of ether oxygens (including phenoxy) is 2. The van der Waals surface area contributed by atoms with Gasteiger partial charge in [-0.2, -0.15) is 0 Å². The molecule has 32 heavy (non-hydrogen) atoms. The third-order valence-corrected chi connectivity index (χ3v) is 5.96. The second-order valence-electron chi connectivity index (χ2n) is 7.11. The fourth-order valence-electron chi connectivity index (χ4n) is 3.42. The summed E-state index contributed by atoms with van der Waals surface area (Å²) in [5, 5.41) is 8.38. The molecule has 0 aliphatic rings.